The Kier molecular flexibility index (Phi) is 3.09. The van der Waals surface area contributed by atoms with E-state index in [2.05, 4.69) is 39.1 Å². The normalized spacial score (nSPS) is 11.0. The number of aromatic nitrogens is 5. The summed E-state index contributed by atoms with van der Waals surface area (Å²) in [5, 5.41) is 13.0. The second-order valence-electron chi connectivity index (χ2n) is 3.51. The first-order valence-electron chi connectivity index (χ1n) is 4.91. The van der Waals surface area contributed by atoms with Crippen molar-refractivity contribution in [2.45, 2.75) is 24.1 Å². The Labute approximate surface area is 102 Å². The van der Waals surface area contributed by atoms with Crippen LogP contribution in [0.25, 0.3) is 5.78 Å². The van der Waals surface area contributed by atoms with Gasteiger partial charge in [0.05, 0.1) is 6.20 Å². The molecule has 0 bridgehead atoms. The molecule has 0 amide bonds. The molecule has 2 rings (SSSR count). The van der Waals surface area contributed by atoms with Crippen molar-refractivity contribution in [3.63, 3.8) is 0 Å². The summed E-state index contributed by atoms with van der Waals surface area (Å²) in [6.45, 7) is 4.16. The lowest BCUT2D eigenvalue weighted by atomic mass is 10.6. The third kappa shape index (κ3) is 2.61. The van der Waals surface area contributed by atoms with E-state index in [1.807, 2.05) is 0 Å². The van der Waals surface area contributed by atoms with Crippen molar-refractivity contribution in [1.29, 1.82) is 0 Å². The lowest BCUT2D eigenvalue weighted by Crippen LogP contribution is -2.22. The zero-order valence-electron chi connectivity index (χ0n) is 9.40. The van der Waals surface area contributed by atoms with Crippen molar-refractivity contribution in [2.24, 2.45) is 16.5 Å². The molecule has 0 aromatic carbocycles. The molecule has 0 fully saturated rings. The van der Waals surface area contributed by atoms with Crippen molar-refractivity contribution in [3.05, 3.63) is 6.20 Å². The van der Waals surface area contributed by atoms with Gasteiger partial charge in [-0.05, 0) is 0 Å². The van der Waals surface area contributed by atoms with Gasteiger partial charge in [0.2, 0.25) is 0 Å². The van der Waals surface area contributed by atoms with Crippen LogP contribution in [0.2, 0.25) is 0 Å². The van der Waals surface area contributed by atoms with Crippen LogP contribution < -0.4 is 11.5 Å². The molecule has 2 aromatic rings. The molecule has 0 radical (unpaired) electrons. The number of aliphatic imine (C=N–C) groups is 1. The highest BCUT2D eigenvalue weighted by Gasteiger charge is 2.09. The summed E-state index contributed by atoms with van der Waals surface area (Å²) in [5.74, 6) is 0.424. The van der Waals surface area contributed by atoms with Crippen LogP contribution in [0.3, 0.4) is 0 Å². The fourth-order valence-corrected chi connectivity index (χ4v) is 1.98. The minimum atomic E-state index is -0.107. The first kappa shape index (κ1) is 11.6. The zero-order valence-corrected chi connectivity index (χ0v) is 10.2. The molecule has 0 aliphatic carbocycles. The lowest BCUT2D eigenvalue weighted by molar-refractivity contribution is 0.780. The smallest absolute Gasteiger partial charge is 0.289 e. The first-order chi connectivity index (χ1) is 8.06. The molecule has 0 atom stereocenters. The average Bonchev–Trinajstić information content (AvgIpc) is 2.59. The Morgan fingerprint density at radius 2 is 2.18 bits per heavy atom. The van der Waals surface area contributed by atoms with E-state index in [9.17, 15) is 0 Å². The number of hydrogen-bond donors (Lipinski definition) is 2. The van der Waals surface area contributed by atoms with Gasteiger partial charge in [0.15, 0.2) is 5.96 Å². The highest BCUT2D eigenvalue weighted by molar-refractivity contribution is 7.99. The average molecular weight is 252 g/mol. The van der Waals surface area contributed by atoms with Gasteiger partial charge in [-0.2, -0.15) is 9.51 Å². The molecule has 8 nitrogen and oxygen atoms in total. The second-order valence-corrected chi connectivity index (χ2v) is 5.11. The molecule has 90 valence electrons. The number of imidazole rings is 1. The summed E-state index contributed by atoms with van der Waals surface area (Å²) in [5.41, 5.74) is 10.5. The standard InChI is InChI=1S/C8H12N8S/c1-4(2)17-5-3-11-8-14-13-7(12-6(9)10)15-16(5)8/h3-4H,1-2H3,(H4,9,10,12,15). The summed E-state index contributed by atoms with van der Waals surface area (Å²) in [4.78, 5) is 7.83. The monoisotopic (exact) mass is 252 g/mol. The van der Waals surface area contributed by atoms with Crippen molar-refractivity contribution in [1.82, 2.24) is 24.8 Å². The molecule has 4 N–H and O–H groups in total. The summed E-state index contributed by atoms with van der Waals surface area (Å²) < 4.78 is 1.57. The molecule has 0 aliphatic rings. The van der Waals surface area contributed by atoms with Gasteiger partial charge < -0.3 is 11.5 Å². The topological polar surface area (TPSA) is 120 Å². The Balaban J connectivity index is 2.46. The quantitative estimate of drug-likeness (QED) is 0.445. The van der Waals surface area contributed by atoms with Crippen LogP contribution in [0, 0.1) is 0 Å². The zero-order chi connectivity index (χ0) is 12.4. The van der Waals surface area contributed by atoms with Gasteiger partial charge in [0, 0.05) is 5.25 Å². The van der Waals surface area contributed by atoms with Gasteiger partial charge in [0.25, 0.3) is 11.7 Å². The molecule has 0 aliphatic heterocycles. The summed E-state index contributed by atoms with van der Waals surface area (Å²) in [7, 11) is 0. The Hall–Kier alpha value is -1.90. The number of hydrogen-bond acceptors (Lipinski definition) is 6. The van der Waals surface area contributed by atoms with Crippen molar-refractivity contribution < 1.29 is 0 Å². The van der Waals surface area contributed by atoms with Crippen LogP contribution in [0.15, 0.2) is 16.2 Å². The minimum absolute atomic E-state index is 0.107. The fourth-order valence-electron chi connectivity index (χ4n) is 1.16. The molecule has 9 heteroatoms. The number of nitrogens with two attached hydrogens (primary N) is 2. The van der Waals surface area contributed by atoms with Crippen LogP contribution in [-0.4, -0.2) is 36.0 Å². The third-order valence-corrected chi connectivity index (χ3v) is 2.68. The van der Waals surface area contributed by atoms with E-state index < -0.39 is 0 Å². The van der Waals surface area contributed by atoms with Crippen molar-refractivity contribution >= 4 is 29.4 Å². The predicted molar refractivity (Wildman–Crippen MR) is 65.0 cm³/mol. The van der Waals surface area contributed by atoms with E-state index >= 15 is 0 Å². The van der Waals surface area contributed by atoms with Gasteiger partial charge in [0.1, 0.15) is 5.03 Å². The second kappa shape index (κ2) is 4.53. The molecule has 0 unspecified atom stereocenters. The van der Waals surface area contributed by atoms with E-state index in [0.717, 1.165) is 5.03 Å². The van der Waals surface area contributed by atoms with Gasteiger partial charge in [-0.25, -0.2) is 4.98 Å². The molecule has 0 saturated heterocycles. The van der Waals surface area contributed by atoms with Crippen molar-refractivity contribution in [3.8, 4) is 0 Å². The maximum absolute atomic E-state index is 5.25. The number of nitrogens with zero attached hydrogens (tertiary/aromatic N) is 6. The maximum Gasteiger partial charge on any atom is 0.289 e. The molecular weight excluding hydrogens is 240 g/mol. The van der Waals surface area contributed by atoms with E-state index in [1.165, 1.54) is 0 Å². The number of thioether (sulfide) groups is 1. The molecule has 17 heavy (non-hydrogen) atoms. The SMILES string of the molecule is CC(C)Sc1cnc2nnc(N=C(N)N)nn12. The van der Waals surface area contributed by atoms with Gasteiger partial charge >= 0.3 is 0 Å². The molecular formula is C8H12N8S. The first-order valence-corrected chi connectivity index (χ1v) is 5.79. The number of rotatable bonds is 3. The van der Waals surface area contributed by atoms with Gasteiger partial charge in [-0.15, -0.1) is 27.1 Å². The third-order valence-electron chi connectivity index (χ3n) is 1.69. The Bertz CT molecular complexity index is 556. The molecule has 0 saturated carbocycles. The van der Waals surface area contributed by atoms with Gasteiger partial charge in [-0.1, -0.05) is 13.8 Å². The lowest BCUT2D eigenvalue weighted by Gasteiger charge is -2.02. The molecule has 2 aromatic heterocycles. The van der Waals surface area contributed by atoms with Gasteiger partial charge in [-0.3, -0.25) is 0 Å². The van der Waals surface area contributed by atoms with Crippen LogP contribution in [0.4, 0.5) is 5.95 Å². The highest BCUT2D eigenvalue weighted by Crippen LogP contribution is 2.22. The van der Waals surface area contributed by atoms with E-state index in [4.69, 9.17) is 11.5 Å². The van der Waals surface area contributed by atoms with Crippen LogP contribution in [0.5, 0.6) is 0 Å². The fraction of sp³-hybridized carbons (Fsp3) is 0.375. The van der Waals surface area contributed by atoms with Crippen molar-refractivity contribution in [2.75, 3.05) is 0 Å². The molecule has 2 heterocycles. The van der Waals surface area contributed by atoms with Crippen LogP contribution in [0.1, 0.15) is 13.8 Å². The Morgan fingerprint density at radius 3 is 2.82 bits per heavy atom. The summed E-state index contributed by atoms with van der Waals surface area (Å²) >= 11 is 1.62. The maximum atomic E-state index is 5.25. The largest absolute Gasteiger partial charge is 0.370 e. The summed E-state index contributed by atoms with van der Waals surface area (Å²) in [6.07, 6.45) is 1.70. The van der Waals surface area contributed by atoms with E-state index in [-0.39, 0.29) is 11.9 Å². The van der Waals surface area contributed by atoms with E-state index in [1.54, 1.807) is 22.5 Å². The van der Waals surface area contributed by atoms with E-state index in [0.29, 0.717) is 11.0 Å². The van der Waals surface area contributed by atoms with Crippen LogP contribution >= 0.6 is 11.8 Å². The number of fused-ring (bicyclic) bond motifs is 1. The molecule has 0 spiro atoms. The predicted octanol–water partition coefficient (Wildman–Crippen LogP) is -0.0753. The highest BCUT2D eigenvalue weighted by atomic mass is 32.2. The minimum Gasteiger partial charge on any atom is -0.370 e. The summed E-state index contributed by atoms with van der Waals surface area (Å²) in [6, 6.07) is 0. The number of guanidine groups is 1. The Morgan fingerprint density at radius 1 is 1.41 bits per heavy atom. The van der Waals surface area contributed by atoms with Crippen LogP contribution in [-0.2, 0) is 0 Å².